The van der Waals surface area contributed by atoms with E-state index in [1.165, 1.54) is 23.5 Å². The number of carbonyl (C=O) groups excluding carboxylic acids is 2. The first-order chi connectivity index (χ1) is 15.7. The lowest BCUT2D eigenvalue weighted by atomic mass is 9.96. The third kappa shape index (κ3) is 6.23. The summed E-state index contributed by atoms with van der Waals surface area (Å²) in [7, 11) is -2.27. The predicted molar refractivity (Wildman–Crippen MR) is 120 cm³/mol. The van der Waals surface area contributed by atoms with Crippen LogP contribution >= 0.6 is 0 Å². The van der Waals surface area contributed by atoms with E-state index in [1.807, 2.05) is 18.2 Å². The van der Waals surface area contributed by atoms with Crippen LogP contribution in [0.15, 0.2) is 53.9 Å². The first kappa shape index (κ1) is 24.5. The topological polar surface area (TPSA) is 95.6 Å². The van der Waals surface area contributed by atoms with Crippen molar-refractivity contribution in [3.63, 3.8) is 0 Å². The molecule has 33 heavy (non-hydrogen) atoms. The third-order valence-corrected chi connectivity index (χ3v) is 7.05. The van der Waals surface area contributed by atoms with E-state index in [0.29, 0.717) is 0 Å². The molecule has 2 aromatic carbocycles. The van der Waals surface area contributed by atoms with Crippen molar-refractivity contribution in [1.82, 2.24) is 14.9 Å². The predicted octanol–water partition coefficient (Wildman–Crippen LogP) is 2.58. The van der Waals surface area contributed by atoms with Gasteiger partial charge in [0.2, 0.25) is 21.8 Å². The van der Waals surface area contributed by atoms with Crippen molar-refractivity contribution >= 4 is 27.9 Å². The van der Waals surface area contributed by atoms with Gasteiger partial charge in [-0.3, -0.25) is 9.59 Å². The van der Waals surface area contributed by atoms with Crippen molar-refractivity contribution in [1.29, 1.82) is 0 Å². The Bertz CT molecular complexity index is 1130. The minimum absolute atomic E-state index is 0.104. The number of nitrogens with one attached hydrogen (secondary N) is 2. The van der Waals surface area contributed by atoms with Crippen LogP contribution in [0.1, 0.15) is 30.0 Å². The van der Waals surface area contributed by atoms with Crippen molar-refractivity contribution in [3.8, 4) is 0 Å². The summed E-state index contributed by atoms with van der Waals surface area (Å²) in [4.78, 5) is 25.0. The summed E-state index contributed by atoms with van der Waals surface area (Å²) in [5.74, 6) is -3.74. The molecular formula is C23H25F2N3O4S. The van der Waals surface area contributed by atoms with Gasteiger partial charge in [0.1, 0.15) is 6.04 Å². The summed E-state index contributed by atoms with van der Waals surface area (Å²) < 4.78 is 53.4. The maximum absolute atomic E-state index is 13.6. The third-order valence-electron chi connectivity index (χ3n) is 5.49. The van der Waals surface area contributed by atoms with Crippen LogP contribution < -0.4 is 10.6 Å². The number of carbonyl (C=O) groups is 2. The molecule has 2 aromatic rings. The van der Waals surface area contributed by atoms with Gasteiger partial charge >= 0.3 is 0 Å². The van der Waals surface area contributed by atoms with Gasteiger partial charge in [-0.05, 0) is 42.2 Å². The molecule has 2 N–H and O–H groups in total. The maximum atomic E-state index is 13.6. The lowest BCUT2D eigenvalue weighted by Gasteiger charge is -2.30. The summed E-state index contributed by atoms with van der Waals surface area (Å²) in [6.45, 7) is 0.296. The van der Waals surface area contributed by atoms with E-state index >= 15 is 0 Å². The number of hydrogen-bond donors (Lipinski definition) is 2. The molecule has 1 unspecified atom stereocenters. The highest BCUT2D eigenvalue weighted by atomic mass is 32.2. The van der Waals surface area contributed by atoms with Gasteiger partial charge in [-0.1, -0.05) is 36.4 Å². The molecule has 1 aliphatic rings. The zero-order valence-electron chi connectivity index (χ0n) is 18.0. The Hall–Kier alpha value is -3.11. The number of sulfonamides is 1. The highest BCUT2D eigenvalue weighted by molar-refractivity contribution is 7.92. The zero-order valence-corrected chi connectivity index (χ0v) is 18.8. The van der Waals surface area contributed by atoms with Crippen molar-refractivity contribution < 1.29 is 26.8 Å². The summed E-state index contributed by atoms with van der Waals surface area (Å²) in [6.07, 6.45) is 2.05. The molecule has 1 fully saturated rings. The van der Waals surface area contributed by atoms with Crippen molar-refractivity contribution in [2.45, 2.75) is 18.9 Å². The monoisotopic (exact) mass is 477 g/mol. The number of halogens is 2. The highest BCUT2D eigenvalue weighted by Gasteiger charge is 2.32. The average Bonchev–Trinajstić information content (AvgIpc) is 2.83. The fraction of sp³-hybridized carbons (Fsp3) is 0.304. The molecular weight excluding hydrogens is 452 g/mol. The van der Waals surface area contributed by atoms with Crippen LogP contribution in [0.25, 0.3) is 6.08 Å². The van der Waals surface area contributed by atoms with Crippen LogP contribution in [-0.4, -0.2) is 44.7 Å². The van der Waals surface area contributed by atoms with E-state index in [1.54, 1.807) is 12.1 Å². The Morgan fingerprint density at radius 3 is 2.33 bits per heavy atom. The molecule has 0 aliphatic carbocycles. The Morgan fingerprint density at radius 2 is 1.73 bits per heavy atom. The highest BCUT2D eigenvalue weighted by Crippen LogP contribution is 2.23. The van der Waals surface area contributed by atoms with E-state index < -0.39 is 45.4 Å². The molecule has 0 aromatic heterocycles. The Kier molecular flexibility index (Phi) is 7.93. The van der Waals surface area contributed by atoms with Crippen LogP contribution in [0.4, 0.5) is 8.78 Å². The van der Waals surface area contributed by atoms with Crippen LogP contribution in [0.3, 0.4) is 0 Å². The molecule has 1 aliphatic heterocycles. The molecule has 0 saturated carbocycles. The Morgan fingerprint density at radius 1 is 1.06 bits per heavy atom. The van der Waals surface area contributed by atoms with Crippen LogP contribution in [0, 0.1) is 17.6 Å². The first-order valence-electron chi connectivity index (χ1n) is 10.4. The van der Waals surface area contributed by atoms with E-state index in [9.17, 15) is 26.8 Å². The molecule has 176 valence electrons. The molecule has 10 heteroatoms. The number of likely N-dealkylation sites (N-methyl/N-ethyl adjacent to an activating group) is 1. The first-order valence-corrected chi connectivity index (χ1v) is 11.9. The molecule has 1 saturated heterocycles. The van der Waals surface area contributed by atoms with Crippen molar-refractivity contribution in [2.75, 3.05) is 20.1 Å². The fourth-order valence-electron chi connectivity index (χ4n) is 3.58. The van der Waals surface area contributed by atoms with Gasteiger partial charge in [0.25, 0.3) is 0 Å². The van der Waals surface area contributed by atoms with Gasteiger partial charge in [-0.25, -0.2) is 17.2 Å². The molecule has 0 spiro atoms. The van der Waals surface area contributed by atoms with Gasteiger partial charge in [0.15, 0.2) is 11.6 Å². The molecule has 3 rings (SSSR count). The SMILES string of the molecule is CNC(=O)C(NC(=O)C1CCN(S(=O)(=O)/C=C/c2ccccc2)CC1)c1ccc(F)c(F)c1. The second-order valence-electron chi connectivity index (χ2n) is 7.66. The molecule has 0 radical (unpaired) electrons. The van der Waals surface area contributed by atoms with E-state index in [2.05, 4.69) is 10.6 Å². The van der Waals surface area contributed by atoms with Gasteiger partial charge in [0.05, 0.1) is 0 Å². The number of nitrogens with zero attached hydrogens (tertiary/aromatic N) is 1. The Balaban J connectivity index is 1.63. The van der Waals surface area contributed by atoms with Crippen LogP contribution in [0.2, 0.25) is 0 Å². The number of benzene rings is 2. The lowest BCUT2D eigenvalue weighted by molar-refractivity contribution is -0.131. The largest absolute Gasteiger partial charge is 0.357 e. The summed E-state index contributed by atoms with van der Waals surface area (Å²) in [5.41, 5.74) is 0.862. The number of hydrogen-bond acceptors (Lipinski definition) is 4. The Labute approximate surface area is 191 Å². The molecule has 2 amide bonds. The standard InChI is InChI=1S/C23H25F2N3O4S/c1-26-23(30)21(18-7-8-19(24)20(25)15-18)27-22(29)17-9-12-28(13-10-17)33(31,32)14-11-16-5-3-2-4-6-16/h2-8,11,14-15,17,21H,9-10,12-13H2,1H3,(H,26,30)(H,27,29)/b14-11+. The second-order valence-corrected chi connectivity index (χ2v) is 9.48. The van der Waals surface area contributed by atoms with E-state index in [-0.39, 0.29) is 31.5 Å². The second kappa shape index (κ2) is 10.7. The van der Waals surface area contributed by atoms with Gasteiger partial charge in [-0.2, -0.15) is 4.31 Å². The van der Waals surface area contributed by atoms with Crippen LogP contribution in [0.5, 0.6) is 0 Å². The maximum Gasteiger partial charge on any atom is 0.246 e. The number of piperidine rings is 1. The fourth-order valence-corrected chi connectivity index (χ4v) is 4.80. The normalized spacial score (nSPS) is 16.5. The van der Waals surface area contributed by atoms with Gasteiger partial charge < -0.3 is 10.6 Å². The molecule has 7 nitrogen and oxygen atoms in total. The molecule has 0 bridgehead atoms. The number of rotatable bonds is 7. The summed E-state index contributed by atoms with van der Waals surface area (Å²) in [6, 6.07) is 10.8. The summed E-state index contributed by atoms with van der Waals surface area (Å²) in [5, 5.41) is 6.12. The minimum Gasteiger partial charge on any atom is -0.357 e. The molecule has 1 atom stereocenters. The van der Waals surface area contributed by atoms with E-state index in [4.69, 9.17) is 0 Å². The number of amides is 2. The zero-order chi connectivity index (χ0) is 24.0. The summed E-state index contributed by atoms with van der Waals surface area (Å²) >= 11 is 0. The lowest BCUT2D eigenvalue weighted by Crippen LogP contribution is -2.45. The van der Waals surface area contributed by atoms with Crippen molar-refractivity contribution in [3.05, 3.63) is 76.7 Å². The quantitative estimate of drug-likeness (QED) is 0.641. The van der Waals surface area contributed by atoms with Crippen molar-refractivity contribution in [2.24, 2.45) is 5.92 Å². The van der Waals surface area contributed by atoms with Gasteiger partial charge in [-0.15, -0.1) is 0 Å². The smallest absolute Gasteiger partial charge is 0.246 e. The molecule has 1 heterocycles. The minimum atomic E-state index is -3.64. The van der Waals surface area contributed by atoms with E-state index in [0.717, 1.165) is 23.1 Å². The van der Waals surface area contributed by atoms with Crippen LogP contribution in [-0.2, 0) is 19.6 Å². The van der Waals surface area contributed by atoms with Gasteiger partial charge in [0, 0.05) is 31.5 Å². The average molecular weight is 478 g/mol.